The van der Waals surface area contributed by atoms with E-state index in [-0.39, 0.29) is 31.3 Å². The Labute approximate surface area is 156 Å². The molecule has 2 amide bonds. The number of thiophene rings is 1. The number of carbonyl (C=O) groups is 3. The van der Waals surface area contributed by atoms with Crippen LogP contribution in [0.2, 0.25) is 0 Å². The van der Waals surface area contributed by atoms with Gasteiger partial charge in [-0.15, -0.1) is 11.3 Å². The molecule has 2 aromatic rings. The molecule has 1 aromatic heterocycles. The summed E-state index contributed by atoms with van der Waals surface area (Å²) in [4.78, 5) is 38.2. The fraction of sp³-hybridized carbons (Fsp3) is 0.316. The van der Waals surface area contributed by atoms with E-state index < -0.39 is 5.97 Å². The van der Waals surface area contributed by atoms with Crippen molar-refractivity contribution in [1.29, 1.82) is 0 Å². The standard InChI is InChI=1S/C19H22N2O4S/c1-14-6-3-4-7-15(14)12-21(13-18(23)25-2)17(22)9-10-20-19(24)16-8-5-11-26-16/h3-8,11H,9-10,12-13H2,1-2H3,(H,20,24). The number of amides is 2. The Morgan fingerprint density at radius 3 is 2.58 bits per heavy atom. The number of benzene rings is 1. The van der Waals surface area contributed by atoms with E-state index in [0.29, 0.717) is 11.4 Å². The molecule has 1 N–H and O–H groups in total. The molecule has 0 fully saturated rings. The van der Waals surface area contributed by atoms with Crippen LogP contribution in [0.15, 0.2) is 41.8 Å². The molecule has 0 bridgehead atoms. The number of esters is 1. The van der Waals surface area contributed by atoms with Crippen molar-refractivity contribution in [3.63, 3.8) is 0 Å². The minimum Gasteiger partial charge on any atom is -0.468 e. The summed E-state index contributed by atoms with van der Waals surface area (Å²) in [6.45, 7) is 2.36. The number of hydrogen-bond donors (Lipinski definition) is 1. The zero-order valence-electron chi connectivity index (χ0n) is 14.9. The number of nitrogens with one attached hydrogen (secondary N) is 1. The van der Waals surface area contributed by atoms with Crippen LogP contribution in [0.1, 0.15) is 27.2 Å². The van der Waals surface area contributed by atoms with Crippen molar-refractivity contribution in [3.8, 4) is 0 Å². The van der Waals surface area contributed by atoms with Crippen LogP contribution in [-0.4, -0.2) is 42.9 Å². The van der Waals surface area contributed by atoms with Crippen molar-refractivity contribution in [2.75, 3.05) is 20.2 Å². The van der Waals surface area contributed by atoms with Crippen molar-refractivity contribution in [2.24, 2.45) is 0 Å². The van der Waals surface area contributed by atoms with Gasteiger partial charge in [0.05, 0.1) is 12.0 Å². The lowest BCUT2D eigenvalue weighted by atomic mass is 10.1. The highest BCUT2D eigenvalue weighted by molar-refractivity contribution is 7.12. The minimum atomic E-state index is -0.477. The summed E-state index contributed by atoms with van der Waals surface area (Å²) in [5.74, 6) is -0.897. The Hall–Kier alpha value is -2.67. The molecule has 1 heterocycles. The molecule has 0 radical (unpaired) electrons. The lowest BCUT2D eigenvalue weighted by Crippen LogP contribution is -2.38. The first-order valence-electron chi connectivity index (χ1n) is 8.22. The monoisotopic (exact) mass is 374 g/mol. The third-order valence-corrected chi connectivity index (χ3v) is 4.76. The molecule has 26 heavy (non-hydrogen) atoms. The van der Waals surface area contributed by atoms with Gasteiger partial charge in [-0.1, -0.05) is 30.3 Å². The van der Waals surface area contributed by atoms with Crippen LogP contribution in [0.25, 0.3) is 0 Å². The van der Waals surface area contributed by atoms with E-state index in [2.05, 4.69) is 10.1 Å². The lowest BCUT2D eigenvalue weighted by molar-refractivity contribution is -0.147. The number of methoxy groups -OCH3 is 1. The van der Waals surface area contributed by atoms with Gasteiger partial charge in [-0.05, 0) is 29.5 Å². The molecule has 1 aromatic carbocycles. The van der Waals surface area contributed by atoms with E-state index in [9.17, 15) is 14.4 Å². The second-order valence-corrected chi connectivity index (χ2v) is 6.68. The van der Waals surface area contributed by atoms with E-state index in [1.165, 1.54) is 23.3 Å². The van der Waals surface area contributed by atoms with Crippen LogP contribution in [0.4, 0.5) is 0 Å². The van der Waals surface area contributed by atoms with Gasteiger partial charge in [0, 0.05) is 19.5 Å². The fourth-order valence-corrected chi connectivity index (χ4v) is 3.02. The quantitative estimate of drug-likeness (QED) is 0.720. The van der Waals surface area contributed by atoms with Gasteiger partial charge in [-0.2, -0.15) is 0 Å². The summed E-state index contributed by atoms with van der Waals surface area (Å²) >= 11 is 1.34. The van der Waals surface area contributed by atoms with Gasteiger partial charge < -0.3 is 15.0 Å². The fourth-order valence-electron chi connectivity index (χ4n) is 2.38. The van der Waals surface area contributed by atoms with Gasteiger partial charge in [0.25, 0.3) is 5.91 Å². The Bertz CT molecular complexity index is 759. The molecule has 0 aliphatic carbocycles. The van der Waals surface area contributed by atoms with Crippen LogP contribution in [0.5, 0.6) is 0 Å². The molecule has 7 heteroatoms. The Balaban J connectivity index is 1.95. The number of ether oxygens (including phenoxy) is 1. The summed E-state index contributed by atoms with van der Waals surface area (Å²) in [5.41, 5.74) is 2.01. The minimum absolute atomic E-state index is 0.111. The van der Waals surface area contributed by atoms with Gasteiger partial charge in [0.1, 0.15) is 6.54 Å². The zero-order valence-corrected chi connectivity index (χ0v) is 15.7. The van der Waals surface area contributed by atoms with Crippen LogP contribution < -0.4 is 5.32 Å². The van der Waals surface area contributed by atoms with Crippen molar-refractivity contribution in [1.82, 2.24) is 10.2 Å². The van der Waals surface area contributed by atoms with Crippen molar-refractivity contribution < 1.29 is 19.1 Å². The van der Waals surface area contributed by atoms with Gasteiger partial charge in [0.2, 0.25) is 5.91 Å². The van der Waals surface area contributed by atoms with E-state index in [1.54, 1.807) is 12.1 Å². The number of rotatable bonds is 8. The molecule has 0 aliphatic rings. The summed E-state index contributed by atoms with van der Waals surface area (Å²) in [6.07, 6.45) is 0.111. The average molecular weight is 374 g/mol. The second-order valence-electron chi connectivity index (χ2n) is 5.74. The van der Waals surface area contributed by atoms with Gasteiger partial charge >= 0.3 is 5.97 Å². The van der Waals surface area contributed by atoms with E-state index in [0.717, 1.165) is 11.1 Å². The number of nitrogens with zero attached hydrogens (tertiary/aromatic N) is 1. The highest BCUT2D eigenvalue weighted by Crippen LogP contribution is 2.12. The smallest absolute Gasteiger partial charge is 0.325 e. The Morgan fingerprint density at radius 1 is 1.15 bits per heavy atom. The van der Waals surface area contributed by atoms with Gasteiger partial charge in [-0.25, -0.2) is 0 Å². The predicted molar refractivity (Wildman–Crippen MR) is 99.9 cm³/mol. The van der Waals surface area contributed by atoms with Gasteiger partial charge in [-0.3, -0.25) is 14.4 Å². The Kier molecular flexibility index (Phi) is 7.35. The molecular weight excluding hydrogens is 352 g/mol. The summed E-state index contributed by atoms with van der Waals surface area (Å²) < 4.78 is 4.69. The molecule has 0 unspecified atom stereocenters. The van der Waals surface area contributed by atoms with Crippen molar-refractivity contribution in [2.45, 2.75) is 19.9 Å². The second kappa shape index (κ2) is 9.72. The maximum Gasteiger partial charge on any atom is 0.325 e. The number of hydrogen-bond acceptors (Lipinski definition) is 5. The highest BCUT2D eigenvalue weighted by atomic mass is 32.1. The maximum absolute atomic E-state index is 12.5. The lowest BCUT2D eigenvalue weighted by Gasteiger charge is -2.22. The first kappa shape index (κ1) is 19.7. The first-order chi connectivity index (χ1) is 12.5. The van der Waals surface area contributed by atoms with Crippen LogP contribution in [-0.2, 0) is 20.9 Å². The molecule has 0 spiro atoms. The third-order valence-electron chi connectivity index (χ3n) is 3.89. The van der Waals surface area contributed by atoms with Crippen molar-refractivity contribution >= 4 is 29.1 Å². The van der Waals surface area contributed by atoms with Crippen molar-refractivity contribution in [3.05, 3.63) is 57.8 Å². The SMILES string of the molecule is COC(=O)CN(Cc1ccccc1C)C(=O)CCNC(=O)c1cccs1. The maximum atomic E-state index is 12.5. The zero-order chi connectivity index (χ0) is 18.9. The number of carbonyl (C=O) groups excluding carboxylic acids is 3. The summed E-state index contributed by atoms with van der Waals surface area (Å²) in [7, 11) is 1.29. The van der Waals surface area contributed by atoms with Crippen LogP contribution in [0.3, 0.4) is 0 Å². The molecule has 0 saturated carbocycles. The molecule has 0 atom stereocenters. The Morgan fingerprint density at radius 2 is 1.92 bits per heavy atom. The summed E-state index contributed by atoms with van der Waals surface area (Å²) in [5, 5.41) is 4.54. The molecular formula is C19H22N2O4S. The summed E-state index contributed by atoms with van der Waals surface area (Å²) in [6, 6.07) is 11.2. The van der Waals surface area contributed by atoms with Gasteiger partial charge in [0.15, 0.2) is 0 Å². The average Bonchev–Trinajstić information content (AvgIpc) is 3.17. The molecule has 0 saturated heterocycles. The molecule has 2 rings (SSSR count). The van der Waals surface area contributed by atoms with E-state index in [1.807, 2.05) is 36.6 Å². The topological polar surface area (TPSA) is 75.7 Å². The molecule has 0 aliphatic heterocycles. The number of aryl methyl sites for hydroxylation is 1. The highest BCUT2D eigenvalue weighted by Gasteiger charge is 2.19. The normalized spacial score (nSPS) is 10.2. The predicted octanol–water partition coefficient (Wildman–Crippen LogP) is 2.38. The third kappa shape index (κ3) is 5.70. The van der Waals surface area contributed by atoms with E-state index in [4.69, 9.17) is 0 Å². The van der Waals surface area contributed by atoms with Crippen LogP contribution in [0, 0.1) is 6.92 Å². The first-order valence-corrected chi connectivity index (χ1v) is 9.10. The largest absolute Gasteiger partial charge is 0.468 e. The molecule has 138 valence electrons. The van der Waals surface area contributed by atoms with Crippen LogP contribution >= 0.6 is 11.3 Å². The van der Waals surface area contributed by atoms with E-state index >= 15 is 0 Å². The molecule has 6 nitrogen and oxygen atoms in total.